The Hall–Kier alpha value is -2.78. The van der Waals surface area contributed by atoms with Gasteiger partial charge in [-0.15, -0.1) is 10.2 Å². The number of fused-ring (bicyclic) bond motifs is 2. The first-order chi connectivity index (χ1) is 17.4. The number of aromatic nitrogens is 3. The third-order valence-corrected chi connectivity index (χ3v) is 10.9. The van der Waals surface area contributed by atoms with E-state index >= 15 is 4.39 Å². The normalized spacial score (nSPS) is 29.9. The first-order valence-electron chi connectivity index (χ1n) is 12.8. The van der Waals surface area contributed by atoms with E-state index in [1.165, 1.54) is 4.31 Å². The summed E-state index contributed by atoms with van der Waals surface area (Å²) in [7, 11) is -3.60. The molecule has 1 saturated carbocycles. The van der Waals surface area contributed by atoms with Crippen molar-refractivity contribution in [2.24, 2.45) is 11.8 Å². The first kappa shape index (κ1) is 23.6. The van der Waals surface area contributed by atoms with Crippen LogP contribution in [0.2, 0.25) is 0 Å². The predicted molar refractivity (Wildman–Crippen MR) is 136 cm³/mol. The Morgan fingerprint density at radius 1 is 0.944 bits per heavy atom. The molecule has 36 heavy (non-hydrogen) atoms. The molecular formula is C27H32FN5O2S. The maximum absolute atomic E-state index is 15.4. The molecule has 1 aliphatic carbocycles. The van der Waals surface area contributed by atoms with Crippen LogP contribution in [0.5, 0.6) is 0 Å². The number of nitrogens with zero attached hydrogens (tertiary/aromatic N) is 5. The highest BCUT2D eigenvalue weighted by Crippen LogP contribution is 2.46. The zero-order valence-electron chi connectivity index (χ0n) is 20.4. The number of piperidine rings is 1. The van der Waals surface area contributed by atoms with Crippen molar-refractivity contribution < 1.29 is 12.8 Å². The molecule has 3 aliphatic rings. The van der Waals surface area contributed by atoms with Gasteiger partial charge in [-0.2, -0.15) is 4.31 Å². The van der Waals surface area contributed by atoms with Gasteiger partial charge in [0.15, 0.2) is 0 Å². The molecule has 2 saturated heterocycles. The van der Waals surface area contributed by atoms with E-state index in [4.69, 9.17) is 0 Å². The van der Waals surface area contributed by atoms with Gasteiger partial charge in [0, 0.05) is 43.0 Å². The van der Waals surface area contributed by atoms with Gasteiger partial charge in [0.25, 0.3) is 0 Å². The highest BCUT2D eigenvalue weighted by molar-refractivity contribution is 7.89. The fraction of sp³-hybridized carbons (Fsp3) is 0.481. The Balaban J connectivity index is 1.20. The minimum Gasteiger partial charge on any atom is -0.371 e. The van der Waals surface area contributed by atoms with Crippen LogP contribution < -0.4 is 4.90 Å². The van der Waals surface area contributed by atoms with Gasteiger partial charge in [0.2, 0.25) is 10.0 Å². The Morgan fingerprint density at radius 3 is 2.31 bits per heavy atom. The number of hydrogen-bond acceptors (Lipinski definition) is 5. The molecule has 0 amide bonds. The summed E-state index contributed by atoms with van der Waals surface area (Å²) in [4.78, 5) is 2.28. The molecule has 4 unspecified atom stereocenters. The fourth-order valence-corrected chi connectivity index (χ4v) is 8.82. The van der Waals surface area contributed by atoms with Crippen molar-refractivity contribution in [1.29, 1.82) is 0 Å². The minimum atomic E-state index is -3.60. The Bertz CT molecular complexity index is 1300. The number of rotatable bonds is 5. The van der Waals surface area contributed by atoms with Gasteiger partial charge in [-0.05, 0) is 62.1 Å². The molecule has 2 bridgehead atoms. The summed E-state index contributed by atoms with van der Waals surface area (Å²) in [5, 5.41) is 7.38. The van der Waals surface area contributed by atoms with Crippen molar-refractivity contribution in [3.05, 3.63) is 78.1 Å². The van der Waals surface area contributed by atoms with Gasteiger partial charge in [-0.1, -0.05) is 36.4 Å². The van der Waals surface area contributed by atoms with E-state index in [1.807, 2.05) is 43.3 Å². The molecule has 2 aromatic carbocycles. The summed E-state index contributed by atoms with van der Waals surface area (Å²) in [5.41, 5.74) is 2.09. The van der Waals surface area contributed by atoms with E-state index in [2.05, 4.69) is 19.7 Å². The third-order valence-electron chi connectivity index (χ3n) is 8.49. The molecule has 4 atom stereocenters. The molecule has 3 fully saturated rings. The van der Waals surface area contributed by atoms with Gasteiger partial charge in [0.05, 0.1) is 0 Å². The molecular weight excluding hydrogens is 477 g/mol. The monoisotopic (exact) mass is 509 g/mol. The van der Waals surface area contributed by atoms with E-state index in [1.54, 1.807) is 24.8 Å². The lowest BCUT2D eigenvalue weighted by Crippen LogP contribution is -2.45. The molecule has 3 heterocycles. The minimum absolute atomic E-state index is 0.0555. The maximum atomic E-state index is 15.4. The van der Waals surface area contributed by atoms with E-state index in [0.29, 0.717) is 29.9 Å². The van der Waals surface area contributed by atoms with Gasteiger partial charge in [-0.3, -0.25) is 0 Å². The molecule has 3 aromatic rings. The van der Waals surface area contributed by atoms with E-state index < -0.39 is 15.3 Å². The summed E-state index contributed by atoms with van der Waals surface area (Å²) in [6.07, 6.45) is 7.24. The van der Waals surface area contributed by atoms with Crippen LogP contribution >= 0.6 is 0 Å². The molecule has 7 nitrogen and oxygen atoms in total. The Morgan fingerprint density at radius 2 is 1.64 bits per heavy atom. The van der Waals surface area contributed by atoms with Gasteiger partial charge < -0.3 is 9.47 Å². The van der Waals surface area contributed by atoms with Crippen molar-refractivity contribution >= 4 is 15.7 Å². The standard InChI is InChI=1S/C27H32FN5O2S/c1-19-7-12-26(20-5-3-2-4-6-20)36(34,35)33(19)16-21-10-11-24(13-25(21)28)31-14-22-8-9-23(15-31)27(22)32-17-29-30-18-32/h2-6,10-11,13,17-19,22-23,26-27H,7-9,12,14-16H2,1H3. The van der Waals surface area contributed by atoms with Crippen LogP contribution in [0.3, 0.4) is 0 Å². The van der Waals surface area contributed by atoms with Crippen molar-refractivity contribution in [2.45, 2.75) is 56.5 Å². The summed E-state index contributed by atoms with van der Waals surface area (Å²) in [5.74, 6) is 0.624. The summed E-state index contributed by atoms with van der Waals surface area (Å²) < 4.78 is 46.1. The molecule has 0 spiro atoms. The lowest BCUT2D eigenvalue weighted by Gasteiger charge is -2.40. The van der Waals surface area contributed by atoms with E-state index in [-0.39, 0.29) is 18.4 Å². The van der Waals surface area contributed by atoms with Crippen LogP contribution in [0.25, 0.3) is 0 Å². The van der Waals surface area contributed by atoms with Crippen LogP contribution in [-0.2, 0) is 16.6 Å². The van der Waals surface area contributed by atoms with Crippen LogP contribution in [0.1, 0.15) is 55.0 Å². The maximum Gasteiger partial charge on any atom is 0.221 e. The zero-order valence-corrected chi connectivity index (χ0v) is 21.3. The fourth-order valence-electron chi connectivity index (χ4n) is 6.64. The molecule has 0 N–H and O–H groups in total. The molecule has 1 aromatic heterocycles. The molecule has 2 aliphatic heterocycles. The second-order valence-corrected chi connectivity index (χ2v) is 12.7. The van der Waals surface area contributed by atoms with Crippen molar-refractivity contribution in [1.82, 2.24) is 19.1 Å². The van der Waals surface area contributed by atoms with Crippen molar-refractivity contribution in [3.8, 4) is 0 Å². The second kappa shape index (κ2) is 9.27. The molecule has 0 radical (unpaired) electrons. The molecule has 9 heteroatoms. The van der Waals surface area contributed by atoms with Gasteiger partial charge >= 0.3 is 0 Å². The predicted octanol–water partition coefficient (Wildman–Crippen LogP) is 4.56. The van der Waals surface area contributed by atoms with Crippen molar-refractivity contribution in [3.63, 3.8) is 0 Å². The lowest BCUT2D eigenvalue weighted by atomic mass is 9.91. The number of anilines is 1. The first-order valence-corrected chi connectivity index (χ1v) is 14.3. The Kier molecular flexibility index (Phi) is 6.08. The summed E-state index contributed by atoms with van der Waals surface area (Å²) in [6.45, 7) is 3.71. The number of halogens is 1. The highest BCUT2D eigenvalue weighted by Gasteiger charge is 2.43. The average molecular weight is 510 g/mol. The van der Waals surface area contributed by atoms with Crippen LogP contribution in [0.4, 0.5) is 10.1 Å². The SMILES string of the molecule is CC1CCC(c2ccccc2)S(=O)(=O)N1Cc1ccc(N2CC3CCC(C2)C3n2cnnc2)cc1F. The molecule has 190 valence electrons. The molecule has 6 rings (SSSR count). The van der Waals surface area contributed by atoms with E-state index in [0.717, 1.165) is 43.6 Å². The van der Waals surface area contributed by atoms with Crippen LogP contribution in [-0.4, -0.2) is 46.6 Å². The van der Waals surface area contributed by atoms with Crippen LogP contribution in [0.15, 0.2) is 61.2 Å². The lowest BCUT2D eigenvalue weighted by molar-refractivity contribution is 0.270. The smallest absolute Gasteiger partial charge is 0.221 e. The quantitative estimate of drug-likeness (QED) is 0.504. The third kappa shape index (κ3) is 4.12. The zero-order chi connectivity index (χ0) is 24.9. The number of benzene rings is 2. The number of hydrogen-bond donors (Lipinski definition) is 0. The second-order valence-electron chi connectivity index (χ2n) is 10.6. The number of sulfonamides is 1. The van der Waals surface area contributed by atoms with E-state index in [9.17, 15) is 8.42 Å². The van der Waals surface area contributed by atoms with Crippen LogP contribution in [0, 0.1) is 17.7 Å². The Labute approximate surface area is 212 Å². The topological polar surface area (TPSA) is 71.3 Å². The summed E-state index contributed by atoms with van der Waals surface area (Å²) >= 11 is 0. The van der Waals surface area contributed by atoms with Gasteiger partial charge in [-0.25, -0.2) is 12.8 Å². The largest absolute Gasteiger partial charge is 0.371 e. The van der Waals surface area contributed by atoms with Crippen molar-refractivity contribution in [2.75, 3.05) is 18.0 Å². The highest BCUT2D eigenvalue weighted by atomic mass is 32.2. The van der Waals surface area contributed by atoms with Gasteiger partial charge in [0.1, 0.15) is 23.7 Å². The average Bonchev–Trinajstić information content (AvgIpc) is 3.48. The summed E-state index contributed by atoms with van der Waals surface area (Å²) in [6, 6.07) is 14.9.